The summed E-state index contributed by atoms with van der Waals surface area (Å²) >= 11 is 0. The minimum absolute atomic E-state index is 0.143. The Balaban J connectivity index is 2.55. The van der Waals surface area contributed by atoms with E-state index in [0.29, 0.717) is 18.0 Å². The zero-order chi connectivity index (χ0) is 13.5. The highest BCUT2D eigenvalue weighted by molar-refractivity contribution is 5.80. The van der Waals surface area contributed by atoms with Gasteiger partial charge in [-0.3, -0.25) is 4.79 Å². The first-order valence-electron chi connectivity index (χ1n) is 5.82. The van der Waals surface area contributed by atoms with E-state index in [0.717, 1.165) is 12.0 Å². The predicted molar refractivity (Wildman–Crippen MR) is 69.9 cm³/mol. The fourth-order valence-electron chi connectivity index (χ4n) is 1.53. The smallest absolute Gasteiger partial charge is 0.236 e. The van der Waals surface area contributed by atoms with Gasteiger partial charge in [-0.15, -0.1) is 0 Å². The molecule has 0 aliphatic rings. The minimum atomic E-state index is -0.476. The molecule has 0 unspecified atom stereocenters. The van der Waals surface area contributed by atoms with Crippen LogP contribution in [0.4, 0.5) is 0 Å². The number of hydrogen-bond donors (Lipinski definition) is 2. The van der Waals surface area contributed by atoms with E-state index in [1.807, 2.05) is 18.2 Å². The molecule has 0 aromatic heterocycles. The van der Waals surface area contributed by atoms with Crippen LogP contribution in [0.5, 0.6) is 11.5 Å². The zero-order valence-electron chi connectivity index (χ0n) is 11.0. The van der Waals surface area contributed by atoms with Crippen molar-refractivity contribution in [1.82, 2.24) is 5.32 Å². The Morgan fingerprint density at radius 1 is 1.33 bits per heavy atom. The van der Waals surface area contributed by atoms with E-state index >= 15 is 0 Å². The third-order valence-electron chi connectivity index (χ3n) is 2.57. The molecule has 0 heterocycles. The van der Waals surface area contributed by atoms with Crippen LogP contribution in [0.2, 0.25) is 0 Å². The van der Waals surface area contributed by atoms with E-state index in [-0.39, 0.29) is 5.91 Å². The molecule has 5 heteroatoms. The van der Waals surface area contributed by atoms with Crippen molar-refractivity contribution >= 4 is 5.91 Å². The molecular formula is C13H20N2O3. The number of carbonyl (C=O) groups is 1. The Bertz CT molecular complexity index is 405. The quantitative estimate of drug-likeness (QED) is 0.782. The second kappa shape index (κ2) is 6.86. The Hall–Kier alpha value is -1.75. The number of ether oxygens (including phenoxy) is 2. The Morgan fingerprint density at radius 3 is 2.56 bits per heavy atom. The molecule has 1 atom stereocenters. The maximum absolute atomic E-state index is 11.3. The summed E-state index contributed by atoms with van der Waals surface area (Å²) < 4.78 is 10.4. The van der Waals surface area contributed by atoms with Crippen molar-refractivity contribution in [2.24, 2.45) is 5.73 Å². The van der Waals surface area contributed by atoms with Crippen LogP contribution in [0.25, 0.3) is 0 Å². The Kier molecular flexibility index (Phi) is 5.45. The van der Waals surface area contributed by atoms with Crippen molar-refractivity contribution < 1.29 is 14.3 Å². The monoisotopic (exact) mass is 252 g/mol. The molecule has 0 bridgehead atoms. The number of nitrogens with one attached hydrogen (secondary N) is 1. The largest absolute Gasteiger partial charge is 0.493 e. The minimum Gasteiger partial charge on any atom is -0.493 e. The van der Waals surface area contributed by atoms with Crippen LogP contribution in [0.15, 0.2) is 18.2 Å². The van der Waals surface area contributed by atoms with Crippen molar-refractivity contribution in [3.63, 3.8) is 0 Å². The highest BCUT2D eigenvalue weighted by Crippen LogP contribution is 2.27. The maximum atomic E-state index is 11.3. The molecular weight excluding hydrogens is 232 g/mol. The van der Waals surface area contributed by atoms with Gasteiger partial charge in [0.05, 0.1) is 20.3 Å². The first-order chi connectivity index (χ1) is 8.58. The molecule has 1 amide bonds. The van der Waals surface area contributed by atoms with Gasteiger partial charge in [-0.1, -0.05) is 6.07 Å². The summed E-state index contributed by atoms with van der Waals surface area (Å²) in [6.07, 6.45) is 0.721. The summed E-state index contributed by atoms with van der Waals surface area (Å²) in [6.45, 7) is 2.21. The molecule has 0 fully saturated rings. The lowest BCUT2D eigenvalue weighted by atomic mass is 10.1. The fourth-order valence-corrected chi connectivity index (χ4v) is 1.53. The second-order valence-corrected chi connectivity index (χ2v) is 4.02. The number of methoxy groups -OCH3 is 2. The first kappa shape index (κ1) is 14.3. The predicted octanol–water partition coefficient (Wildman–Crippen LogP) is 0.710. The van der Waals surface area contributed by atoms with Crippen LogP contribution in [0.1, 0.15) is 12.5 Å². The molecule has 3 N–H and O–H groups in total. The number of amides is 1. The topological polar surface area (TPSA) is 73.6 Å². The van der Waals surface area contributed by atoms with Gasteiger partial charge < -0.3 is 20.5 Å². The maximum Gasteiger partial charge on any atom is 0.236 e. The van der Waals surface area contributed by atoms with Gasteiger partial charge in [0.15, 0.2) is 11.5 Å². The third-order valence-corrected chi connectivity index (χ3v) is 2.57. The van der Waals surface area contributed by atoms with Gasteiger partial charge in [-0.05, 0) is 31.0 Å². The van der Waals surface area contributed by atoms with E-state index in [4.69, 9.17) is 15.2 Å². The number of rotatable bonds is 6. The van der Waals surface area contributed by atoms with Crippen LogP contribution in [-0.4, -0.2) is 32.7 Å². The molecule has 0 saturated carbocycles. The van der Waals surface area contributed by atoms with Gasteiger partial charge in [0.25, 0.3) is 0 Å². The van der Waals surface area contributed by atoms with Crippen molar-refractivity contribution in [1.29, 1.82) is 0 Å². The van der Waals surface area contributed by atoms with Crippen LogP contribution >= 0.6 is 0 Å². The van der Waals surface area contributed by atoms with E-state index in [2.05, 4.69) is 5.32 Å². The molecule has 1 rings (SSSR count). The Morgan fingerprint density at radius 2 is 2.00 bits per heavy atom. The lowest BCUT2D eigenvalue weighted by molar-refractivity contribution is -0.121. The molecule has 1 aromatic rings. The van der Waals surface area contributed by atoms with Gasteiger partial charge in [-0.25, -0.2) is 0 Å². The van der Waals surface area contributed by atoms with Gasteiger partial charge in [0.1, 0.15) is 0 Å². The third kappa shape index (κ3) is 3.92. The summed E-state index contributed by atoms with van der Waals surface area (Å²) in [5.74, 6) is 1.24. The number of hydrogen-bond acceptors (Lipinski definition) is 4. The average Bonchev–Trinajstić information content (AvgIpc) is 2.38. The van der Waals surface area contributed by atoms with Gasteiger partial charge in [0, 0.05) is 6.54 Å². The van der Waals surface area contributed by atoms with E-state index in [1.165, 1.54) is 0 Å². The number of nitrogens with two attached hydrogens (primary N) is 1. The molecule has 0 aliphatic carbocycles. The standard InChI is InChI=1S/C13H20N2O3/c1-9(14)13(16)15-7-6-10-4-5-11(17-2)12(8-10)18-3/h4-5,8-9H,6-7,14H2,1-3H3,(H,15,16)/t9-/m0/s1. The van der Waals surface area contributed by atoms with E-state index < -0.39 is 6.04 Å². The number of carbonyl (C=O) groups excluding carboxylic acids is 1. The van der Waals surface area contributed by atoms with Crippen LogP contribution in [-0.2, 0) is 11.2 Å². The van der Waals surface area contributed by atoms with Crippen molar-refractivity contribution in [3.05, 3.63) is 23.8 Å². The van der Waals surface area contributed by atoms with Crippen LogP contribution < -0.4 is 20.5 Å². The van der Waals surface area contributed by atoms with E-state index in [9.17, 15) is 4.79 Å². The lowest BCUT2D eigenvalue weighted by Crippen LogP contribution is -2.39. The average molecular weight is 252 g/mol. The van der Waals surface area contributed by atoms with Gasteiger partial charge in [0.2, 0.25) is 5.91 Å². The Labute approximate surface area is 107 Å². The molecule has 5 nitrogen and oxygen atoms in total. The summed E-state index contributed by atoms with van der Waals surface area (Å²) in [4.78, 5) is 11.3. The number of benzene rings is 1. The van der Waals surface area contributed by atoms with Crippen molar-refractivity contribution in [2.45, 2.75) is 19.4 Å². The molecule has 0 spiro atoms. The lowest BCUT2D eigenvalue weighted by Gasteiger charge is -2.10. The highest BCUT2D eigenvalue weighted by atomic mass is 16.5. The molecule has 18 heavy (non-hydrogen) atoms. The summed E-state index contributed by atoms with van der Waals surface area (Å²) in [5.41, 5.74) is 6.52. The SMILES string of the molecule is COc1ccc(CCNC(=O)[C@H](C)N)cc1OC. The van der Waals surface area contributed by atoms with Gasteiger partial charge >= 0.3 is 0 Å². The molecule has 100 valence electrons. The first-order valence-corrected chi connectivity index (χ1v) is 5.82. The highest BCUT2D eigenvalue weighted by Gasteiger charge is 2.07. The van der Waals surface area contributed by atoms with Gasteiger partial charge in [-0.2, -0.15) is 0 Å². The summed E-state index contributed by atoms with van der Waals surface area (Å²) in [5, 5.41) is 2.76. The fraction of sp³-hybridized carbons (Fsp3) is 0.462. The second-order valence-electron chi connectivity index (χ2n) is 4.02. The van der Waals surface area contributed by atoms with Crippen LogP contribution in [0, 0.1) is 0 Å². The van der Waals surface area contributed by atoms with Crippen LogP contribution in [0.3, 0.4) is 0 Å². The molecule has 0 saturated heterocycles. The molecule has 0 aliphatic heterocycles. The van der Waals surface area contributed by atoms with Crippen molar-refractivity contribution in [2.75, 3.05) is 20.8 Å². The zero-order valence-corrected chi connectivity index (χ0v) is 11.0. The molecule has 1 aromatic carbocycles. The summed E-state index contributed by atoms with van der Waals surface area (Å²) in [6, 6.07) is 5.22. The molecule has 0 radical (unpaired) electrons. The normalized spacial score (nSPS) is 11.8. The van der Waals surface area contributed by atoms with Crippen molar-refractivity contribution in [3.8, 4) is 11.5 Å². The van der Waals surface area contributed by atoms with E-state index in [1.54, 1.807) is 21.1 Å². The summed E-state index contributed by atoms with van der Waals surface area (Å²) in [7, 11) is 3.19.